The number of aromatic nitrogens is 2. The lowest BCUT2D eigenvalue weighted by Gasteiger charge is -2.10. The third-order valence-electron chi connectivity index (χ3n) is 3.05. The molecule has 0 aliphatic carbocycles. The molecule has 1 aromatic carbocycles. The maximum absolute atomic E-state index is 10.7. The summed E-state index contributed by atoms with van der Waals surface area (Å²) >= 11 is 0. The van der Waals surface area contributed by atoms with E-state index in [0.717, 1.165) is 5.69 Å². The third kappa shape index (κ3) is 2.66. The molecular formula is C14H12N4O3. The molecule has 7 nitrogen and oxygen atoms in total. The minimum absolute atomic E-state index is 0.0138. The largest absolute Gasteiger partial charge is 0.424 e. The molecule has 1 N–H and O–H groups in total. The first-order valence-corrected chi connectivity index (χ1v) is 6.36. The molecule has 1 unspecified atom stereocenters. The second-order valence-corrected chi connectivity index (χ2v) is 4.55. The van der Waals surface area contributed by atoms with Gasteiger partial charge in [-0.05, 0) is 25.1 Å². The second kappa shape index (κ2) is 5.20. The van der Waals surface area contributed by atoms with Gasteiger partial charge in [-0.1, -0.05) is 6.07 Å². The summed E-state index contributed by atoms with van der Waals surface area (Å²) in [5.74, 6) is 0. The highest BCUT2D eigenvalue weighted by Crippen LogP contribution is 2.25. The first kappa shape index (κ1) is 13.0. The molecule has 7 heteroatoms. The molecule has 0 saturated heterocycles. The average molecular weight is 284 g/mol. The summed E-state index contributed by atoms with van der Waals surface area (Å²) in [6.45, 7) is 1.93. The van der Waals surface area contributed by atoms with E-state index >= 15 is 0 Å². The van der Waals surface area contributed by atoms with Gasteiger partial charge in [0.1, 0.15) is 5.52 Å². The van der Waals surface area contributed by atoms with Crippen LogP contribution in [0.1, 0.15) is 18.7 Å². The van der Waals surface area contributed by atoms with E-state index in [1.807, 2.05) is 25.1 Å². The van der Waals surface area contributed by atoms with Gasteiger partial charge < -0.3 is 9.73 Å². The summed E-state index contributed by atoms with van der Waals surface area (Å²) in [7, 11) is 0. The Morgan fingerprint density at radius 1 is 1.33 bits per heavy atom. The van der Waals surface area contributed by atoms with Crippen LogP contribution in [0.3, 0.4) is 0 Å². The number of anilines is 1. The van der Waals surface area contributed by atoms with Crippen molar-refractivity contribution >= 4 is 22.8 Å². The van der Waals surface area contributed by atoms with E-state index < -0.39 is 4.92 Å². The monoisotopic (exact) mass is 284 g/mol. The highest BCUT2D eigenvalue weighted by atomic mass is 16.6. The number of nitrogens with zero attached hydrogens (tertiary/aromatic N) is 3. The summed E-state index contributed by atoms with van der Waals surface area (Å²) in [6, 6.07) is 10.2. The third-order valence-corrected chi connectivity index (χ3v) is 3.05. The number of hydrogen-bond acceptors (Lipinski definition) is 6. The van der Waals surface area contributed by atoms with Crippen molar-refractivity contribution in [2.75, 3.05) is 5.32 Å². The fourth-order valence-electron chi connectivity index (χ4n) is 1.98. The van der Waals surface area contributed by atoms with Gasteiger partial charge >= 0.3 is 0 Å². The molecule has 2 aromatic heterocycles. The first-order valence-electron chi connectivity index (χ1n) is 6.36. The Labute approximate surface area is 119 Å². The summed E-state index contributed by atoms with van der Waals surface area (Å²) in [4.78, 5) is 18.7. The lowest BCUT2D eigenvalue weighted by Crippen LogP contribution is -2.08. The smallest absolute Gasteiger partial charge is 0.296 e. The lowest BCUT2D eigenvalue weighted by molar-refractivity contribution is -0.384. The zero-order chi connectivity index (χ0) is 14.8. The molecule has 3 aromatic rings. The number of fused-ring (bicyclic) bond motifs is 1. The number of nitro groups is 1. The van der Waals surface area contributed by atoms with E-state index in [2.05, 4.69) is 15.3 Å². The summed E-state index contributed by atoms with van der Waals surface area (Å²) in [5, 5.41) is 13.8. The Balaban J connectivity index is 1.86. The maximum atomic E-state index is 10.7. The average Bonchev–Trinajstić information content (AvgIpc) is 2.89. The van der Waals surface area contributed by atoms with Crippen molar-refractivity contribution in [3.05, 3.63) is 58.4 Å². The van der Waals surface area contributed by atoms with Crippen LogP contribution in [-0.4, -0.2) is 14.9 Å². The van der Waals surface area contributed by atoms with Gasteiger partial charge in [0, 0.05) is 18.3 Å². The molecule has 0 aliphatic heterocycles. The van der Waals surface area contributed by atoms with Crippen LogP contribution < -0.4 is 5.32 Å². The van der Waals surface area contributed by atoms with Gasteiger partial charge in [-0.2, -0.15) is 4.98 Å². The van der Waals surface area contributed by atoms with Crippen LogP contribution in [0.2, 0.25) is 0 Å². The summed E-state index contributed by atoms with van der Waals surface area (Å²) in [6.07, 6.45) is 1.71. The van der Waals surface area contributed by atoms with Crippen LogP contribution in [0.25, 0.3) is 11.1 Å². The second-order valence-electron chi connectivity index (χ2n) is 4.55. The van der Waals surface area contributed by atoms with Gasteiger partial charge in [0.05, 0.1) is 16.7 Å². The van der Waals surface area contributed by atoms with E-state index in [-0.39, 0.29) is 11.7 Å². The predicted octanol–water partition coefficient (Wildman–Crippen LogP) is 3.30. The van der Waals surface area contributed by atoms with Gasteiger partial charge in [0.25, 0.3) is 11.7 Å². The Morgan fingerprint density at radius 2 is 2.19 bits per heavy atom. The Bertz CT molecular complexity index is 785. The topological polar surface area (TPSA) is 94.1 Å². The van der Waals surface area contributed by atoms with Crippen LogP contribution in [0, 0.1) is 10.1 Å². The van der Waals surface area contributed by atoms with Crippen molar-refractivity contribution in [3.8, 4) is 0 Å². The molecule has 0 aliphatic rings. The van der Waals surface area contributed by atoms with Gasteiger partial charge in [0.2, 0.25) is 0 Å². The molecule has 106 valence electrons. The Hall–Kier alpha value is -2.96. The van der Waals surface area contributed by atoms with E-state index in [1.165, 1.54) is 18.2 Å². The number of benzene rings is 1. The SMILES string of the molecule is CC(Nc1nc2cc([N+](=O)[O-])ccc2o1)c1ccccn1. The number of pyridine rings is 1. The van der Waals surface area contributed by atoms with Gasteiger partial charge in [-0.3, -0.25) is 15.1 Å². The van der Waals surface area contributed by atoms with Gasteiger partial charge in [-0.25, -0.2) is 0 Å². The number of nitrogens with one attached hydrogen (secondary N) is 1. The van der Waals surface area contributed by atoms with Gasteiger partial charge in [-0.15, -0.1) is 0 Å². The molecule has 0 spiro atoms. The van der Waals surface area contributed by atoms with Crippen molar-refractivity contribution in [2.45, 2.75) is 13.0 Å². The minimum Gasteiger partial charge on any atom is -0.424 e. The predicted molar refractivity (Wildman–Crippen MR) is 76.9 cm³/mol. The first-order chi connectivity index (χ1) is 10.1. The fourth-order valence-corrected chi connectivity index (χ4v) is 1.98. The molecule has 0 amide bonds. The number of oxazole rings is 1. The molecular weight excluding hydrogens is 272 g/mol. The van der Waals surface area contributed by atoms with E-state index in [9.17, 15) is 10.1 Å². The standard InChI is InChI=1S/C14H12N4O3/c1-9(11-4-2-3-7-15-11)16-14-17-12-8-10(18(19)20)5-6-13(12)21-14/h2-9H,1H3,(H,16,17). The molecule has 3 rings (SSSR count). The maximum Gasteiger partial charge on any atom is 0.296 e. The van der Waals surface area contributed by atoms with Crippen molar-refractivity contribution < 1.29 is 9.34 Å². The van der Waals surface area contributed by atoms with Gasteiger partial charge in [0.15, 0.2) is 5.58 Å². The molecule has 0 radical (unpaired) electrons. The molecule has 0 saturated carbocycles. The molecule has 1 atom stereocenters. The molecule has 0 fully saturated rings. The molecule has 21 heavy (non-hydrogen) atoms. The number of hydrogen-bond donors (Lipinski definition) is 1. The zero-order valence-electron chi connectivity index (χ0n) is 11.2. The van der Waals surface area contributed by atoms with E-state index in [0.29, 0.717) is 17.1 Å². The highest BCUT2D eigenvalue weighted by Gasteiger charge is 2.14. The Kier molecular flexibility index (Phi) is 3.23. The number of rotatable bonds is 4. The number of non-ortho nitro benzene ring substituents is 1. The van der Waals surface area contributed by atoms with Crippen molar-refractivity contribution in [1.29, 1.82) is 0 Å². The lowest BCUT2D eigenvalue weighted by atomic mass is 10.2. The van der Waals surface area contributed by atoms with Crippen molar-refractivity contribution in [2.24, 2.45) is 0 Å². The Morgan fingerprint density at radius 3 is 2.90 bits per heavy atom. The summed E-state index contributed by atoms with van der Waals surface area (Å²) in [5.41, 5.74) is 1.78. The van der Waals surface area contributed by atoms with E-state index in [1.54, 1.807) is 6.20 Å². The molecule has 0 bridgehead atoms. The van der Waals surface area contributed by atoms with Crippen LogP contribution in [-0.2, 0) is 0 Å². The van der Waals surface area contributed by atoms with Crippen molar-refractivity contribution in [3.63, 3.8) is 0 Å². The van der Waals surface area contributed by atoms with E-state index in [4.69, 9.17) is 4.42 Å². The zero-order valence-corrected chi connectivity index (χ0v) is 11.2. The van der Waals surface area contributed by atoms with Crippen LogP contribution in [0.5, 0.6) is 0 Å². The summed E-state index contributed by atoms with van der Waals surface area (Å²) < 4.78 is 5.52. The quantitative estimate of drug-likeness (QED) is 0.583. The van der Waals surface area contributed by atoms with Crippen LogP contribution in [0.15, 0.2) is 47.0 Å². The van der Waals surface area contributed by atoms with Crippen molar-refractivity contribution in [1.82, 2.24) is 9.97 Å². The van der Waals surface area contributed by atoms with Crippen LogP contribution >= 0.6 is 0 Å². The minimum atomic E-state index is -0.461. The van der Waals surface area contributed by atoms with Crippen LogP contribution in [0.4, 0.5) is 11.7 Å². The molecule has 2 heterocycles. The fraction of sp³-hybridized carbons (Fsp3) is 0.143. The highest BCUT2D eigenvalue weighted by molar-refractivity contribution is 5.77. The normalized spacial score (nSPS) is 12.2. The number of nitro benzene ring substituents is 1.